The quantitative estimate of drug-likeness (QED) is 0.925. The van der Waals surface area contributed by atoms with E-state index in [9.17, 15) is 4.79 Å². The van der Waals surface area contributed by atoms with Gasteiger partial charge in [0.1, 0.15) is 5.03 Å². The number of pyridine rings is 1. The molecule has 0 aliphatic carbocycles. The molecule has 2 aromatic rings. The summed E-state index contributed by atoms with van der Waals surface area (Å²) in [6.45, 7) is 4.81. The first-order chi connectivity index (χ1) is 9.08. The van der Waals surface area contributed by atoms with E-state index in [0.29, 0.717) is 28.2 Å². The summed E-state index contributed by atoms with van der Waals surface area (Å²) < 4.78 is 1.67. The number of nitrogens with two attached hydrogens (primary N) is 1. The van der Waals surface area contributed by atoms with Gasteiger partial charge in [-0.15, -0.1) is 0 Å². The van der Waals surface area contributed by atoms with Crippen molar-refractivity contribution in [1.82, 2.24) is 14.5 Å². The molecule has 0 unspecified atom stereocenters. The Kier molecular flexibility index (Phi) is 4.21. The summed E-state index contributed by atoms with van der Waals surface area (Å²) in [5, 5.41) is 1.00. The number of nitrogen functional groups attached to an aromatic ring is 1. The highest BCUT2D eigenvalue weighted by atomic mass is 32.2. The second-order valence-corrected chi connectivity index (χ2v) is 5.56. The molecular weight excluding hydrogens is 260 g/mol. The van der Waals surface area contributed by atoms with E-state index in [1.807, 2.05) is 0 Å². The Morgan fingerprint density at radius 1 is 1.32 bits per heavy atom. The van der Waals surface area contributed by atoms with Gasteiger partial charge in [-0.25, -0.2) is 9.97 Å². The van der Waals surface area contributed by atoms with Crippen molar-refractivity contribution in [1.29, 1.82) is 0 Å². The van der Waals surface area contributed by atoms with Crippen LogP contribution in [0, 0.1) is 5.92 Å². The predicted molar refractivity (Wildman–Crippen MR) is 76.1 cm³/mol. The number of hydrogen-bond acceptors (Lipinski definition) is 5. The smallest absolute Gasteiger partial charge is 0.283 e. The van der Waals surface area contributed by atoms with Gasteiger partial charge in [0, 0.05) is 25.1 Å². The van der Waals surface area contributed by atoms with Crippen molar-refractivity contribution in [2.24, 2.45) is 5.92 Å². The number of hydrogen-bond donors (Lipinski definition) is 1. The molecule has 6 heteroatoms. The number of nitrogens with zero attached hydrogens (tertiary/aromatic N) is 3. The van der Waals surface area contributed by atoms with Gasteiger partial charge < -0.3 is 10.3 Å². The minimum Gasteiger partial charge on any atom is -0.397 e. The molecule has 0 atom stereocenters. The maximum Gasteiger partial charge on any atom is 0.283 e. The Balaban J connectivity index is 2.31. The van der Waals surface area contributed by atoms with Gasteiger partial charge in [0.15, 0.2) is 5.03 Å². The number of anilines is 1. The molecule has 2 aromatic heterocycles. The van der Waals surface area contributed by atoms with Crippen LogP contribution in [0.1, 0.15) is 13.8 Å². The summed E-state index contributed by atoms with van der Waals surface area (Å²) in [5.41, 5.74) is 6.26. The number of rotatable bonds is 4. The van der Waals surface area contributed by atoms with Crippen molar-refractivity contribution < 1.29 is 0 Å². The van der Waals surface area contributed by atoms with Gasteiger partial charge in [0.2, 0.25) is 0 Å². The molecular formula is C13H16N4OS. The molecule has 0 radical (unpaired) electrons. The molecule has 0 saturated heterocycles. The zero-order valence-electron chi connectivity index (χ0n) is 10.9. The molecule has 100 valence electrons. The van der Waals surface area contributed by atoms with Crippen molar-refractivity contribution in [3.05, 3.63) is 41.1 Å². The third-order valence-corrected chi connectivity index (χ3v) is 3.45. The van der Waals surface area contributed by atoms with E-state index in [2.05, 4.69) is 23.8 Å². The second kappa shape index (κ2) is 5.88. The first-order valence-electron chi connectivity index (χ1n) is 6.01. The standard InChI is InChI=1S/C13H16N4OS/c1-9(2)8-17-7-6-16-12(13(17)18)19-11-10(14)4-3-5-15-11/h3-7,9H,8,14H2,1-2H3. The molecule has 2 heterocycles. The van der Waals surface area contributed by atoms with Gasteiger partial charge >= 0.3 is 0 Å². The van der Waals surface area contributed by atoms with Crippen molar-refractivity contribution in [3.63, 3.8) is 0 Å². The Labute approximate surface area is 115 Å². The summed E-state index contributed by atoms with van der Waals surface area (Å²) in [6, 6.07) is 3.51. The Hall–Kier alpha value is -1.82. The fourth-order valence-electron chi connectivity index (χ4n) is 1.61. The van der Waals surface area contributed by atoms with Crippen molar-refractivity contribution in [2.45, 2.75) is 30.4 Å². The van der Waals surface area contributed by atoms with Gasteiger partial charge in [-0.1, -0.05) is 13.8 Å². The van der Waals surface area contributed by atoms with E-state index in [1.54, 1.807) is 35.3 Å². The molecule has 2 rings (SSSR count). The molecule has 0 aliphatic heterocycles. The lowest BCUT2D eigenvalue weighted by atomic mass is 10.2. The molecule has 2 N–H and O–H groups in total. The van der Waals surface area contributed by atoms with Crippen LogP contribution in [0.2, 0.25) is 0 Å². The van der Waals surface area contributed by atoms with Gasteiger partial charge in [-0.2, -0.15) is 0 Å². The van der Waals surface area contributed by atoms with E-state index in [-0.39, 0.29) is 5.56 Å². The highest BCUT2D eigenvalue weighted by Gasteiger charge is 2.10. The number of aromatic nitrogens is 3. The zero-order valence-corrected chi connectivity index (χ0v) is 11.7. The molecule has 0 spiro atoms. The van der Waals surface area contributed by atoms with E-state index < -0.39 is 0 Å². The Morgan fingerprint density at radius 3 is 2.74 bits per heavy atom. The molecule has 0 fully saturated rings. The SMILES string of the molecule is CC(C)Cn1ccnc(Sc2ncccc2N)c1=O. The molecule has 5 nitrogen and oxygen atoms in total. The van der Waals surface area contributed by atoms with E-state index >= 15 is 0 Å². The average molecular weight is 276 g/mol. The van der Waals surface area contributed by atoms with Crippen LogP contribution in [0.5, 0.6) is 0 Å². The highest BCUT2D eigenvalue weighted by molar-refractivity contribution is 7.99. The Morgan fingerprint density at radius 2 is 2.05 bits per heavy atom. The molecule has 0 bridgehead atoms. The summed E-state index contributed by atoms with van der Waals surface area (Å²) in [6.07, 6.45) is 4.98. The van der Waals surface area contributed by atoms with Crippen LogP contribution < -0.4 is 11.3 Å². The first kappa shape index (κ1) is 13.6. The fraction of sp³-hybridized carbons (Fsp3) is 0.308. The fourth-order valence-corrected chi connectivity index (χ4v) is 2.42. The van der Waals surface area contributed by atoms with E-state index in [1.165, 1.54) is 11.8 Å². The lowest BCUT2D eigenvalue weighted by molar-refractivity contribution is 0.502. The van der Waals surface area contributed by atoms with Crippen LogP contribution >= 0.6 is 11.8 Å². The molecule has 0 aromatic carbocycles. The van der Waals surface area contributed by atoms with Gasteiger partial charge in [-0.05, 0) is 29.8 Å². The topological polar surface area (TPSA) is 73.8 Å². The van der Waals surface area contributed by atoms with Crippen molar-refractivity contribution >= 4 is 17.4 Å². The second-order valence-electron chi connectivity index (χ2n) is 4.58. The lowest BCUT2D eigenvalue weighted by Crippen LogP contribution is -2.24. The van der Waals surface area contributed by atoms with E-state index in [4.69, 9.17) is 5.73 Å². The van der Waals surface area contributed by atoms with Crippen LogP contribution in [0.15, 0.2) is 45.6 Å². The van der Waals surface area contributed by atoms with Crippen LogP contribution in [0.25, 0.3) is 0 Å². The normalized spacial score (nSPS) is 10.9. The summed E-state index contributed by atoms with van der Waals surface area (Å²) in [4.78, 5) is 20.5. The minimum atomic E-state index is -0.105. The van der Waals surface area contributed by atoms with Crippen molar-refractivity contribution in [2.75, 3.05) is 5.73 Å². The highest BCUT2D eigenvalue weighted by Crippen LogP contribution is 2.25. The molecule has 0 amide bonds. The molecule has 0 saturated carbocycles. The lowest BCUT2D eigenvalue weighted by Gasteiger charge is -2.09. The first-order valence-corrected chi connectivity index (χ1v) is 6.83. The van der Waals surface area contributed by atoms with E-state index in [0.717, 1.165) is 0 Å². The summed E-state index contributed by atoms with van der Waals surface area (Å²) in [7, 11) is 0. The maximum absolute atomic E-state index is 12.2. The van der Waals surface area contributed by atoms with Crippen molar-refractivity contribution in [3.8, 4) is 0 Å². The molecule has 19 heavy (non-hydrogen) atoms. The zero-order chi connectivity index (χ0) is 13.8. The van der Waals surface area contributed by atoms with Crippen LogP contribution in [-0.4, -0.2) is 14.5 Å². The van der Waals surface area contributed by atoms with Gasteiger partial charge in [0.05, 0.1) is 5.69 Å². The largest absolute Gasteiger partial charge is 0.397 e. The minimum absolute atomic E-state index is 0.105. The summed E-state index contributed by atoms with van der Waals surface area (Å²) in [5.74, 6) is 0.401. The third-order valence-electron chi connectivity index (χ3n) is 2.44. The van der Waals surface area contributed by atoms with Crippen LogP contribution in [0.3, 0.4) is 0 Å². The van der Waals surface area contributed by atoms with Gasteiger partial charge in [-0.3, -0.25) is 4.79 Å². The predicted octanol–water partition coefficient (Wildman–Crippen LogP) is 2.03. The maximum atomic E-state index is 12.2. The van der Waals surface area contributed by atoms with Gasteiger partial charge in [0.25, 0.3) is 5.56 Å². The van der Waals surface area contributed by atoms with Crippen LogP contribution in [-0.2, 0) is 6.54 Å². The monoisotopic (exact) mass is 276 g/mol. The Bertz CT molecular complexity index is 624. The third kappa shape index (κ3) is 3.35. The summed E-state index contributed by atoms with van der Waals surface area (Å²) >= 11 is 1.20. The van der Waals surface area contributed by atoms with Crippen LogP contribution in [0.4, 0.5) is 5.69 Å². The average Bonchev–Trinajstić information content (AvgIpc) is 2.36. The molecule has 0 aliphatic rings.